The first-order valence-electron chi connectivity index (χ1n) is 11.5. The summed E-state index contributed by atoms with van der Waals surface area (Å²) in [4.78, 5) is 46.8. The topological polar surface area (TPSA) is 100 Å². The van der Waals surface area contributed by atoms with Crippen LogP contribution in [-0.2, 0) is 19.4 Å². The number of H-pyrrole nitrogens is 1. The third-order valence-electron chi connectivity index (χ3n) is 6.57. The zero-order valence-electron chi connectivity index (χ0n) is 18.4. The van der Waals surface area contributed by atoms with Crippen molar-refractivity contribution in [1.82, 2.24) is 19.4 Å². The molecular weight excluding hydrogens is 418 g/mol. The molecule has 1 aliphatic carbocycles. The lowest BCUT2D eigenvalue weighted by Gasteiger charge is -2.33. The molecule has 1 amide bonds. The third kappa shape index (κ3) is 4.60. The summed E-state index contributed by atoms with van der Waals surface area (Å²) >= 11 is 0. The van der Waals surface area contributed by atoms with Gasteiger partial charge in [0.1, 0.15) is 5.82 Å². The summed E-state index contributed by atoms with van der Waals surface area (Å²) in [6, 6.07) is 11.0. The van der Waals surface area contributed by atoms with Gasteiger partial charge in [-0.05, 0) is 73.4 Å². The number of hydrogen-bond donors (Lipinski definition) is 2. The number of fused-ring (bicyclic) bond motifs is 1. The molecule has 0 saturated carbocycles. The maximum atomic E-state index is 12.8. The number of carbonyl (C=O) groups excluding carboxylic acids is 1. The number of amides is 1. The molecule has 2 aromatic heterocycles. The number of rotatable bonds is 5. The van der Waals surface area contributed by atoms with Gasteiger partial charge in [-0.2, -0.15) is 0 Å². The molecule has 0 bridgehead atoms. The number of likely N-dealkylation sites (tertiary alicyclic amines) is 1. The van der Waals surface area contributed by atoms with Gasteiger partial charge in [0.2, 0.25) is 0 Å². The van der Waals surface area contributed by atoms with Gasteiger partial charge in [-0.3, -0.25) is 24.1 Å². The Kier molecular flexibility index (Phi) is 5.81. The van der Waals surface area contributed by atoms with Crippen LogP contribution in [0.1, 0.15) is 40.7 Å². The van der Waals surface area contributed by atoms with E-state index in [2.05, 4.69) is 27.4 Å². The van der Waals surface area contributed by atoms with Gasteiger partial charge in [-0.15, -0.1) is 0 Å². The minimum absolute atomic E-state index is 0.0406. The minimum atomic E-state index is -0.441. The number of aryl methyl sites for hydroxylation is 2. The van der Waals surface area contributed by atoms with Gasteiger partial charge in [0.15, 0.2) is 0 Å². The maximum Gasteiger partial charge on any atom is 0.329 e. The molecule has 1 aromatic carbocycles. The number of aromatic amines is 1. The van der Waals surface area contributed by atoms with Crippen molar-refractivity contribution in [3.63, 3.8) is 0 Å². The standard InChI is InChI=1S/C25H27N5O3/c31-23-14-22(27-21-7-6-18-4-1-5-20(18)13-21)28-25(33)30(23)16-17-3-2-12-29(15-17)24(32)19-8-10-26-11-9-19/h6-11,13-14,17,27H,1-5,12,15-16H2,(H,28,33). The second-order valence-electron chi connectivity index (χ2n) is 8.89. The summed E-state index contributed by atoms with van der Waals surface area (Å²) in [6.45, 7) is 1.47. The van der Waals surface area contributed by atoms with E-state index in [1.165, 1.54) is 28.2 Å². The Labute approximate surface area is 191 Å². The molecule has 5 rings (SSSR count). The van der Waals surface area contributed by atoms with E-state index in [-0.39, 0.29) is 23.9 Å². The van der Waals surface area contributed by atoms with E-state index in [9.17, 15) is 14.4 Å². The number of piperidine rings is 1. The highest BCUT2D eigenvalue weighted by atomic mass is 16.2. The van der Waals surface area contributed by atoms with Crippen LogP contribution >= 0.6 is 0 Å². The molecule has 0 radical (unpaired) electrons. The van der Waals surface area contributed by atoms with Crippen molar-refractivity contribution in [3.8, 4) is 0 Å². The smallest absolute Gasteiger partial charge is 0.329 e. The Bertz CT molecular complexity index is 1250. The molecule has 1 saturated heterocycles. The summed E-state index contributed by atoms with van der Waals surface area (Å²) in [5, 5.41) is 3.16. The quantitative estimate of drug-likeness (QED) is 0.629. The number of benzene rings is 1. The fourth-order valence-electron chi connectivity index (χ4n) is 4.90. The highest BCUT2D eigenvalue weighted by Crippen LogP contribution is 2.26. The molecule has 1 unspecified atom stereocenters. The molecular formula is C25H27N5O3. The number of pyridine rings is 1. The largest absolute Gasteiger partial charge is 0.342 e. The number of aromatic nitrogens is 3. The van der Waals surface area contributed by atoms with Crippen LogP contribution < -0.4 is 16.6 Å². The molecule has 8 nitrogen and oxygen atoms in total. The van der Waals surface area contributed by atoms with Gasteiger partial charge in [0, 0.05) is 49.3 Å². The summed E-state index contributed by atoms with van der Waals surface area (Å²) in [5.41, 5.74) is 3.36. The predicted molar refractivity (Wildman–Crippen MR) is 126 cm³/mol. The van der Waals surface area contributed by atoms with Crippen molar-refractivity contribution in [2.45, 2.75) is 38.6 Å². The normalized spacial score (nSPS) is 17.6. The monoisotopic (exact) mass is 445 g/mol. The summed E-state index contributed by atoms with van der Waals surface area (Å²) in [5.74, 6) is 0.383. The van der Waals surface area contributed by atoms with Crippen LogP contribution in [-0.4, -0.2) is 38.4 Å². The average molecular weight is 446 g/mol. The van der Waals surface area contributed by atoms with Crippen LogP contribution in [0.2, 0.25) is 0 Å². The number of carbonyl (C=O) groups is 1. The lowest BCUT2D eigenvalue weighted by molar-refractivity contribution is 0.0660. The van der Waals surface area contributed by atoms with E-state index >= 15 is 0 Å². The molecule has 1 fully saturated rings. The first kappa shape index (κ1) is 21.2. The van der Waals surface area contributed by atoms with E-state index in [4.69, 9.17) is 0 Å². The van der Waals surface area contributed by atoms with Gasteiger partial charge in [0.25, 0.3) is 11.5 Å². The van der Waals surface area contributed by atoms with Crippen molar-refractivity contribution in [2.75, 3.05) is 18.4 Å². The predicted octanol–water partition coefficient (Wildman–Crippen LogP) is 2.72. The SMILES string of the molecule is O=C(c1ccncc1)N1CCCC(Cn2c(=O)cc(Nc3ccc4c(c3)CCC4)[nH]c2=O)C1. The van der Waals surface area contributed by atoms with Crippen molar-refractivity contribution in [2.24, 2.45) is 5.92 Å². The molecule has 170 valence electrons. The first-order chi connectivity index (χ1) is 16.1. The number of hydrogen-bond acceptors (Lipinski definition) is 5. The Balaban J connectivity index is 1.28. The molecule has 33 heavy (non-hydrogen) atoms. The zero-order chi connectivity index (χ0) is 22.8. The van der Waals surface area contributed by atoms with Crippen LogP contribution in [0.5, 0.6) is 0 Å². The first-order valence-corrected chi connectivity index (χ1v) is 11.5. The van der Waals surface area contributed by atoms with Crippen molar-refractivity contribution < 1.29 is 4.79 Å². The van der Waals surface area contributed by atoms with E-state index in [0.717, 1.165) is 31.4 Å². The molecule has 3 aromatic rings. The summed E-state index contributed by atoms with van der Waals surface area (Å²) in [6.07, 6.45) is 8.24. The zero-order valence-corrected chi connectivity index (χ0v) is 18.4. The summed E-state index contributed by atoms with van der Waals surface area (Å²) < 4.78 is 1.24. The van der Waals surface area contributed by atoms with Gasteiger partial charge in [0.05, 0.1) is 0 Å². The molecule has 8 heteroatoms. The van der Waals surface area contributed by atoms with Crippen LogP contribution in [0.15, 0.2) is 58.4 Å². The number of nitrogens with zero attached hydrogens (tertiary/aromatic N) is 3. The lowest BCUT2D eigenvalue weighted by Crippen LogP contribution is -2.44. The van der Waals surface area contributed by atoms with Gasteiger partial charge in [-0.1, -0.05) is 6.07 Å². The third-order valence-corrected chi connectivity index (χ3v) is 6.57. The Hall–Kier alpha value is -3.68. The summed E-state index contributed by atoms with van der Waals surface area (Å²) in [7, 11) is 0. The van der Waals surface area contributed by atoms with Crippen LogP contribution in [0.3, 0.4) is 0 Å². The van der Waals surface area contributed by atoms with E-state index in [0.29, 0.717) is 24.5 Å². The molecule has 0 spiro atoms. The second kappa shape index (κ2) is 9.05. The van der Waals surface area contributed by atoms with Crippen molar-refractivity contribution in [1.29, 1.82) is 0 Å². The minimum Gasteiger partial charge on any atom is -0.342 e. The highest BCUT2D eigenvalue weighted by Gasteiger charge is 2.25. The van der Waals surface area contributed by atoms with Crippen molar-refractivity contribution in [3.05, 3.63) is 86.3 Å². The van der Waals surface area contributed by atoms with Crippen LogP contribution in [0.4, 0.5) is 11.5 Å². The molecule has 3 heterocycles. The molecule has 2 N–H and O–H groups in total. The fourth-order valence-corrected chi connectivity index (χ4v) is 4.90. The Morgan fingerprint density at radius 3 is 2.70 bits per heavy atom. The second-order valence-corrected chi connectivity index (χ2v) is 8.89. The van der Waals surface area contributed by atoms with E-state index in [1.54, 1.807) is 29.4 Å². The van der Waals surface area contributed by atoms with E-state index < -0.39 is 5.69 Å². The van der Waals surface area contributed by atoms with E-state index in [1.807, 2.05) is 6.07 Å². The van der Waals surface area contributed by atoms with Crippen molar-refractivity contribution >= 4 is 17.4 Å². The Morgan fingerprint density at radius 2 is 1.88 bits per heavy atom. The maximum absolute atomic E-state index is 12.8. The van der Waals surface area contributed by atoms with Gasteiger partial charge >= 0.3 is 5.69 Å². The van der Waals surface area contributed by atoms with Crippen LogP contribution in [0.25, 0.3) is 0 Å². The molecule has 2 aliphatic rings. The molecule has 1 aliphatic heterocycles. The lowest BCUT2D eigenvalue weighted by atomic mass is 9.97. The number of nitrogens with one attached hydrogen (secondary N) is 2. The van der Waals surface area contributed by atoms with Gasteiger partial charge < -0.3 is 10.2 Å². The highest BCUT2D eigenvalue weighted by molar-refractivity contribution is 5.94. The van der Waals surface area contributed by atoms with Gasteiger partial charge in [-0.25, -0.2) is 4.79 Å². The number of anilines is 2. The Morgan fingerprint density at radius 1 is 1.06 bits per heavy atom. The average Bonchev–Trinajstić information content (AvgIpc) is 3.30. The fraction of sp³-hybridized carbons (Fsp3) is 0.360. The molecule has 1 atom stereocenters. The van der Waals surface area contributed by atoms with Crippen LogP contribution in [0, 0.1) is 5.92 Å².